The summed E-state index contributed by atoms with van der Waals surface area (Å²) < 4.78 is 1.31. The van der Waals surface area contributed by atoms with E-state index in [1.807, 2.05) is 11.3 Å². The van der Waals surface area contributed by atoms with Crippen LogP contribution in [-0.4, -0.2) is 11.5 Å². The number of rotatable bonds is 2. The van der Waals surface area contributed by atoms with E-state index in [9.17, 15) is 0 Å². The zero-order chi connectivity index (χ0) is 11.0. The van der Waals surface area contributed by atoms with E-state index in [-0.39, 0.29) is 0 Å². The number of hydrogen-bond donors (Lipinski definition) is 1. The summed E-state index contributed by atoms with van der Waals surface area (Å²) >= 11 is 1.85. The molecule has 84 valence electrons. The summed E-state index contributed by atoms with van der Waals surface area (Å²) in [4.78, 5) is 4.76. The smallest absolute Gasteiger partial charge is 0.0972 e. The fraction of sp³-hybridized carbons (Fsp3) is 0.462. The van der Waals surface area contributed by atoms with Crippen LogP contribution < -0.4 is 5.73 Å². The van der Waals surface area contributed by atoms with Crippen molar-refractivity contribution in [2.45, 2.75) is 25.2 Å². The SMILES string of the molecule is NCC1CCCC1c1nc2ccccc2s1. The van der Waals surface area contributed by atoms with Gasteiger partial charge in [-0.25, -0.2) is 4.98 Å². The molecule has 1 aromatic carbocycles. The minimum Gasteiger partial charge on any atom is -0.330 e. The summed E-state index contributed by atoms with van der Waals surface area (Å²) in [5, 5.41) is 1.30. The Balaban J connectivity index is 1.99. The molecule has 1 aliphatic carbocycles. The average Bonchev–Trinajstić information content (AvgIpc) is 2.94. The fourth-order valence-corrected chi connectivity index (χ4v) is 3.89. The van der Waals surface area contributed by atoms with Crippen molar-refractivity contribution in [1.29, 1.82) is 0 Å². The van der Waals surface area contributed by atoms with Crippen molar-refractivity contribution in [2.75, 3.05) is 6.54 Å². The maximum Gasteiger partial charge on any atom is 0.0972 e. The highest BCUT2D eigenvalue weighted by Crippen LogP contribution is 2.41. The van der Waals surface area contributed by atoms with Crippen LogP contribution >= 0.6 is 11.3 Å². The molecule has 2 atom stereocenters. The van der Waals surface area contributed by atoms with Crippen molar-refractivity contribution in [3.8, 4) is 0 Å². The molecule has 16 heavy (non-hydrogen) atoms. The lowest BCUT2D eigenvalue weighted by Crippen LogP contribution is -2.16. The number of nitrogens with zero attached hydrogens (tertiary/aromatic N) is 1. The largest absolute Gasteiger partial charge is 0.330 e. The number of aromatic nitrogens is 1. The molecule has 1 aliphatic rings. The Bertz CT molecular complexity index is 458. The highest BCUT2D eigenvalue weighted by Gasteiger charge is 2.29. The molecule has 3 rings (SSSR count). The number of hydrogen-bond acceptors (Lipinski definition) is 3. The van der Waals surface area contributed by atoms with Gasteiger partial charge in [-0.1, -0.05) is 18.6 Å². The molecule has 2 aromatic rings. The van der Waals surface area contributed by atoms with E-state index in [1.54, 1.807) is 0 Å². The molecule has 2 unspecified atom stereocenters. The van der Waals surface area contributed by atoms with Crippen molar-refractivity contribution < 1.29 is 0 Å². The van der Waals surface area contributed by atoms with Crippen molar-refractivity contribution in [2.24, 2.45) is 11.7 Å². The standard InChI is InChI=1S/C13H16N2S/c14-8-9-4-3-5-10(9)13-15-11-6-1-2-7-12(11)16-13/h1-2,6-7,9-10H,3-5,8,14H2. The molecule has 0 saturated heterocycles. The van der Waals surface area contributed by atoms with Crippen LogP contribution in [0.3, 0.4) is 0 Å². The quantitative estimate of drug-likeness (QED) is 0.864. The van der Waals surface area contributed by atoms with Crippen LogP contribution in [0.2, 0.25) is 0 Å². The van der Waals surface area contributed by atoms with Crippen LogP contribution in [0, 0.1) is 5.92 Å². The van der Waals surface area contributed by atoms with Crippen LogP contribution in [0.15, 0.2) is 24.3 Å². The number of thiazole rings is 1. The van der Waals surface area contributed by atoms with Crippen LogP contribution in [0.4, 0.5) is 0 Å². The molecule has 0 radical (unpaired) electrons. The predicted molar refractivity (Wildman–Crippen MR) is 68.8 cm³/mol. The molecule has 0 amide bonds. The molecule has 0 aliphatic heterocycles. The average molecular weight is 232 g/mol. The predicted octanol–water partition coefficient (Wildman–Crippen LogP) is 3.14. The number of nitrogens with two attached hydrogens (primary N) is 1. The highest BCUT2D eigenvalue weighted by atomic mass is 32.1. The van der Waals surface area contributed by atoms with Gasteiger partial charge in [0.2, 0.25) is 0 Å². The molecule has 0 spiro atoms. The van der Waals surface area contributed by atoms with E-state index in [0.717, 1.165) is 12.1 Å². The van der Waals surface area contributed by atoms with Gasteiger partial charge in [-0.05, 0) is 37.4 Å². The topological polar surface area (TPSA) is 38.9 Å². The summed E-state index contributed by atoms with van der Waals surface area (Å²) in [6.45, 7) is 0.806. The first-order chi connectivity index (χ1) is 7.88. The Kier molecular flexibility index (Phi) is 2.65. The maximum absolute atomic E-state index is 5.83. The van der Waals surface area contributed by atoms with Crippen molar-refractivity contribution in [1.82, 2.24) is 4.98 Å². The summed E-state index contributed by atoms with van der Waals surface area (Å²) in [5.41, 5.74) is 6.98. The lowest BCUT2D eigenvalue weighted by molar-refractivity contribution is 0.495. The second kappa shape index (κ2) is 4.15. The minimum absolute atomic E-state index is 0.613. The van der Waals surface area contributed by atoms with Crippen molar-refractivity contribution in [3.05, 3.63) is 29.3 Å². The normalized spacial score (nSPS) is 25.3. The minimum atomic E-state index is 0.613. The summed E-state index contributed by atoms with van der Waals surface area (Å²) in [5.74, 6) is 1.27. The second-order valence-electron chi connectivity index (χ2n) is 4.55. The Morgan fingerprint density at radius 1 is 1.31 bits per heavy atom. The van der Waals surface area contributed by atoms with Crippen LogP contribution in [0.1, 0.15) is 30.2 Å². The number of fused-ring (bicyclic) bond motifs is 1. The van der Waals surface area contributed by atoms with Gasteiger partial charge in [0, 0.05) is 5.92 Å². The zero-order valence-electron chi connectivity index (χ0n) is 9.23. The van der Waals surface area contributed by atoms with Gasteiger partial charge in [-0.2, -0.15) is 0 Å². The number of benzene rings is 1. The molecule has 1 fully saturated rings. The first kappa shape index (κ1) is 10.2. The lowest BCUT2D eigenvalue weighted by Gasteiger charge is -2.14. The van der Waals surface area contributed by atoms with Gasteiger partial charge in [-0.3, -0.25) is 0 Å². The van der Waals surface area contributed by atoms with Crippen molar-refractivity contribution >= 4 is 21.6 Å². The van der Waals surface area contributed by atoms with Gasteiger partial charge < -0.3 is 5.73 Å². The molecule has 3 heteroatoms. The van der Waals surface area contributed by atoms with E-state index in [2.05, 4.69) is 24.3 Å². The van der Waals surface area contributed by atoms with E-state index in [1.165, 1.54) is 29.0 Å². The number of para-hydroxylation sites is 1. The lowest BCUT2D eigenvalue weighted by atomic mass is 9.97. The third-order valence-electron chi connectivity index (χ3n) is 3.59. The molecule has 1 aromatic heterocycles. The van der Waals surface area contributed by atoms with Crippen molar-refractivity contribution in [3.63, 3.8) is 0 Å². The Hall–Kier alpha value is -0.930. The maximum atomic E-state index is 5.83. The second-order valence-corrected chi connectivity index (χ2v) is 5.62. The first-order valence-electron chi connectivity index (χ1n) is 5.94. The summed E-state index contributed by atoms with van der Waals surface area (Å²) in [6, 6.07) is 8.39. The van der Waals surface area contributed by atoms with E-state index >= 15 is 0 Å². The molecular formula is C13H16N2S. The monoisotopic (exact) mass is 232 g/mol. The Labute approximate surface area is 99.5 Å². The van der Waals surface area contributed by atoms with E-state index < -0.39 is 0 Å². The van der Waals surface area contributed by atoms with Crippen LogP contribution in [-0.2, 0) is 0 Å². The van der Waals surface area contributed by atoms with Gasteiger partial charge in [0.25, 0.3) is 0 Å². The zero-order valence-corrected chi connectivity index (χ0v) is 10.0. The van der Waals surface area contributed by atoms with Gasteiger partial charge >= 0.3 is 0 Å². The molecule has 2 N–H and O–H groups in total. The van der Waals surface area contributed by atoms with Gasteiger partial charge in [0.15, 0.2) is 0 Å². The van der Waals surface area contributed by atoms with E-state index in [4.69, 9.17) is 10.7 Å². The Morgan fingerprint density at radius 2 is 2.19 bits per heavy atom. The van der Waals surface area contributed by atoms with Crippen LogP contribution in [0.5, 0.6) is 0 Å². The summed E-state index contributed by atoms with van der Waals surface area (Å²) in [6.07, 6.45) is 3.85. The molecule has 1 saturated carbocycles. The third kappa shape index (κ3) is 1.64. The summed E-state index contributed by atoms with van der Waals surface area (Å²) in [7, 11) is 0. The Morgan fingerprint density at radius 3 is 3.00 bits per heavy atom. The molecule has 2 nitrogen and oxygen atoms in total. The van der Waals surface area contributed by atoms with E-state index in [0.29, 0.717) is 11.8 Å². The fourth-order valence-electron chi connectivity index (χ4n) is 2.69. The third-order valence-corrected chi connectivity index (χ3v) is 4.76. The van der Waals surface area contributed by atoms with Gasteiger partial charge in [-0.15, -0.1) is 11.3 Å². The first-order valence-corrected chi connectivity index (χ1v) is 6.75. The molecule has 0 bridgehead atoms. The highest BCUT2D eigenvalue weighted by molar-refractivity contribution is 7.18. The molecule has 1 heterocycles. The van der Waals surface area contributed by atoms with Gasteiger partial charge in [0.05, 0.1) is 15.2 Å². The molecular weight excluding hydrogens is 216 g/mol. The van der Waals surface area contributed by atoms with Gasteiger partial charge in [0.1, 0.15) is 0 Å². The van der Waals surface area contributed by atoms with Crippen LogP contribution in [0.25, 0.3) is 10.2 Å².